The van der Waals surface area contributed by atoms with Gasteiger partial charge in [0, 0.05) is 32.8 Å². The minimum Gasteiger partial charge on any atom is -0.380 e. The minimum absolute atomic E-state index is 0.0899. The third kappa shape index (κ3) is 4.55. The Morgan fingerprint density at radius 2 is 2.33 bits per heavy atom. The largest absolute Gasteiger partial charge is 0.380 e. The number of hydrogen-bond donors (Lipinski definition) is 2. The van der Waals surface area contributed by atoms with Gasteiger partial charge in [-0.15, -0.1) is 0 Å². The van der Waals surface area contributed by atoms with Gasteiger partial charge in [-0.25, -0.2) is 0 Å². The first-order valence-electron chi connectivity index (χ1n) is 6.82. The van der Waals surface area contributed by atoms with Gasteiger partial charge in [0.05, 0.1) is 12.1 Å². The van der Waals surface area contributed by atoms with Crippen LogP contribution in [0.5, 0.6) is 0 Å². The molecule has 18 heavy (non-hydrogen) atoms. The van der Waals surface area contributed by atoms with Crippen LogP contribution in [-0.4, -0.2) is 62.8 Å². The Labute approximate surface area is 110 Å². The minimum atomic E-state index is -0.0937. The van der Waals surface area contributed by atoms with E-state index in [0.717, 1.165) is 25.9 Å². The molecule has 0 aliphatic carbocycles. The Balaban J connectivity index is 2.18. The zero-order valence-electron chi connectivity index (χ0n) is 12.0. The highest BCUT2D eigenvalue weighted by Crippen LogP contribution is 2.09. The summed E-state index contributed by atoms with van der Waals surface area (Å²) in [6, 6.07) is 0.466. The third-order valence-corrected chi connectivity index (χ3v) is 3.85. The van der Waals surface area contributed by atoms with Gasteiger partial charge in [0.25, 0.3) is 0 Å². The number of amides is 1. The van der Waals surface area contributed by atoms with Crippen molar-refractivity contribution in [2.75, 3.05) is 33.8 Å². The number of methoxy groups -OCH3 is 1. The Hall–Kier alpha value is -0.650. The molecule has 0 spiro atoms. The van der Waals surface area contributed by atoms with Gasteiger partial charge in [0.2, 0.25) is 5.91 Å². The number of likely N-dealkylation sites (N-methyl/N-ethyl adjacent to an activating group) is 1. The second kappa shape index (κ2) is 7.71. The highest BCUT2D eigenvalue weighted by molar-refractivity contribution is 5.82. The van der Waals surface area contributed by atoms with Gasteiger partial charge in [0.15, 0.2) is 0 Å². The SMILES string of the molecule is CCC(C)N(C)CCNC(=O)C1CC(OC)CN1. The van der Waals surface area contributed by atoms with Gasteiger partial charge in [-0.1, -0.05) is 6.92 Å². The monoisotopic (exact) mass is 257 g/mol. The molecule has 0 aromatic heterocycles. The van der Waals surface area contributed by atoms with Crippen molar-refractivity contribution in [3.05, 3.63) is 0 Å². The fourth-order valence-electron chi connectivity index (χ4n) is 2.09. The van der Waals surface area contributed by atoms with E-state index in [1.54, 1.807) is 7.11 Å². The summed E-state index contributed by atoms with van der Waals surface area (Å²) in [4.78, 5) is 14.1. The summed E-state index contributed by atoms with van der Waals surface area (Å²) < 4.78 is 5.23. The smallest absolute Gasteiger partial charge is 0.237 e. The molecule has 1 aliphatic heterocycles. The highest BCUT2D eigenvalue weighted by Gasteiger charge is 2.28. The molecular weight excluding hydrogens is 230 g/mol. The first kappa shape index (κ1) is 15.4. The molecule has 5 nitrogen and oxygen atoms in total. The molecule has 2 N–H and O–H groups in total. The summed E-state index contributed by atoms with van der Waals surface area (Å²) in [5.74, 6) is 0.0899. The Bertz CT molecular complexity index is 261. The number of ether oxygens (including phenoxy) is 1. The molecule has 1 saturated heterocycles. The van der Waals surface area contributed by atoms with Crippen molar-refractivity contribution in [1.82, 2.24) is 15.5 Å². The molecule has 1 fully saturated rings. The number of hydrogen-bond acceptors (Lipinski definition) is 4. The van der Waals surface area contributed by atoms with Crippen molar-refractivity contribution in [2.24, 2.45) is 0 Å². The second-order valence-corrected chi connectivity index (χ2v) is 5.08. The lowest BCUT2D eigenvalue weighted by atomic mass is 10.2. The number of carbonyl (C=O) groups excluding carboxylic acids is 1. The normalized spacial score (nSPS) is 25.4. The number of rotatable bonds is 7. The molecule has 0 saturated carbocycles. The third-order valence-electron chi connectivity index (χ3n) is 3.85. The summed E-state index contributed by atoms with van der Waals surface area (Å²) in [5, 5.41) is 6.16. The fraction of sp³-hybridized carbons (Fsp3) is 0.923. The van der Waals surface area contributed by atoms with Crippen LogP contribution >= 0.6 is 0 Å². The lowest BCUT2D eigenvalue weighted by molar-refractivity contribution is -0.123. The van der Waals surface area contributed by atoms with Crippen molar-refractivity contribution in [2.45, 2.75) is 44.9 Å². The van der Waals surface area contributed by atoms with Crippen molar-refractivity contribution in [3.63, 3.8) is 0 Å². The molecule has 1 amide bonds. The van der Waals surface area contributed by atoms with E-state index in [-0.39, 0.29) is 18.1 Å². The molecule has 5 heteroatoms. The lowest BCUT2D eigenvalue weighted by Crippen LogP contribution is -2.44. The maximum atomic E-state index is 11.9. The van der Waals surface area contributed by atoms with Gasteiger partial charge < -0.3 is 20.3 Å². The summed E-state index contributed by atoms with van der Waals surface area (Å²) in [5.41, 5.74) is 0. The van der Waals surface area contributed by atoms with E-state index in [4.69, 9.17) is 4.74 Å². The lowest BCUT2D eigenvalue weighted by Gasteiger charge is -2.23. The maximum absolute atomic E-state index is 11.9. The molecule has 106 valence electrons. The van der Waals surface area contributed by atoms with Crippen LogP contribution in [0.3, 0.4) is 0 Å². The summed E-state index contributed by atoms with van der Waals surface area (Å²) >= 11 is 0. The van der Waals surface area contributed by atoms with Crippen LogP contribution in [0.25, 0.3) is 0 Å². The van der Waals surface area contributed by atoms with Crippen LogP contribution in [0.2, 0.25) is 0 Å². The van der Waals surface area contributed by atoms with Crippen molar-refractivity contribution in [1.29, 1.82) is 0 Å². The fourth-order valence-corrected chi connectivity index (χ4v) is 2.09. The van der Waals surface area contributed by atoms with Crippen LogP contribution in [0.4, 0.5) is 0 Å². The van der Waals surface area contributed by atoms with Crippen LogP contribution < -0.4 is 10.6 Å². The number of nitrogens with one attached hydrogen (secondary N) is 2. The summed E-state index contributed by atoms with van der Waals surface area (Å²) in [7, 11) is 3.78. The first-order chi connectivity index (χ1) is 8.58. The van der Waals surface area contributed by atoms with E-state index < -0.39 is 0 Å². The van der Waals surface area contributed by atoms with E-state index in [1.165, 1.54) is 0 Å². The van der Waals surface area contributed by atoms with Gasteiger partial charge >= 0.3 is 0 Å². The zero-order valence-corrected chi connectivity index (χ0v) is 12.0. The molecule has 3 atom stereocenters. The van der Waals surface area contributed by atoms with Gasteiger partial charge in [-0.3, -0.25) is 4.79 Å². The Kier molecular flexibility index (Phi) is 6.60. The molecule has 0 bridgehead atoms. The number of nitrogens with zero attached hydrogens (tertiary/aromatic N) is 1. The van der Waals surface area contributed by atoms with Crippen LogP contribution in [-0.2, 0) is 9.53 Å². The molecule has 0 radical (unpaired) electrons. The predicted octanol–water partition coefficient (Wildman–Crippen LogP) is 0.210. The predicted molar refractivity (Wildman–Crippen MR) is 72.6 cm³/mol. The Morgan fingerprint density at radius 3 is 2.89 bits per heavy atom. The van der Waals surface area contributed by atoms with Crippen LogP contribution in [0.15, 0.2) is 0 Å². The molecule has 0 aromatic rings. The van der Waals surface area contributed by atoms with E-state index in [0.29, 0.717) is 12.6 Å². The summed E-state index contributed by atoms with van der Waals surface area (Å²) in [6.45, 7) is 6.73. The van der Waals surface area contributed by atoms with Crippen LogP contribution in [0.1, 0.15) is 26.7 Å². The molecule has 0 aromatic carbocycles. The van der Waals surface area contributed by atoms with E-state index in [1.807, 2.05) is 0 Å². The molecule has 1 aliphatic rings. The second-order valence-electron chi connectivity index (χ2n) is 5.08. The van der Waals surface area contributed by atoms with E-state index in [9.17, 15) is 4.79 Å². The van der Waals surface area contributed by atoms with Gasteiger partial charge in [0.1, 0.15) is 0 Å². The van der Waals surface area contributed by atoms with Gasteiger partial charge in [-0.2, -0.15) is 0 Å². The number of carbonyl (C=O) groups is 1. The molecule has 3 unspecified atom stereocenters. The Morgan fingerprint density at radius 1 is 1.61 bits per heavy atom. The van der Waals surface area contributed by atoms with Crippen molar-refractivity contribution >= 4 is 5.91 Å². The van der Waals surface area contributed by atoms with Gasteiger partial charge in [-0.05, 0) is 26.8 Å². The quantitative estimate of drug-likeness (QED) is 0.684. The average molecular weight is 257 g/mol. The highest BCUT2D eigenvalue weighted by atomic mass is 16.5. The average Bonchev–Trinajstić information content (AvgIpc) is 2.86. The zero-order chi connectivity index (χ0) is 13.5. The molecular formula is C13H27N3O2. The molecule has 1 rings (SSSR count). The topological polar surface area (TPSA) is 53.6 Å². The van der Waals surface area contributed by atoms with E-state index >= 15 is 0 Å². The molecule has 1 heterocycles. The van der Waals surface area contributed by atoms with Crippen molar-refractivity contribution < 1.29 is 9.53 Å². The first-order valence-corrected chi connectivity index (χ1v) is 6.82. The standard InChI is InChI=1S/C13H27N3O2/c1-5-10(2)16(3)7-6-14-13(17)12-8-11(18-4)9-15-12/h10-12,15H,5-9H2,1-4H3,(H,14,17). The van der Waals surface area contributed by atoms with Crippen molar-refractivity contribution in [3.8, 4) is 0 Å². The maximum Gasteiger partial charge on any atom is 0.237 e. The summed E-state index contributed by atoms with van der Waals surface area (Å²) in [6.07, 6.45) is 2.07. The van der Waals surface area contributed by atoms with Crippen LogP contribution in [0, 0.1) is 0 Å². The van der Waals surface area contributed by atoms with E-state index in [2.05, 4.69) is 36.4 Å².